The first-order valence-corrected chi connectivity index (χ1v) is 9.75. The number of hydrogen-bond donors (Lipinski definition) is 1. The van der Waals surface area contributed by atoms with Crippen LogP contribution in [-0.4, -0.2) is 23.2 Å². The molecule has 124 valence electrons. The van der Waals surface area contributed by atoms with E-state index in [2.05, 4.69) is 50.4 Å². The van der Waals surface area contributed by atoms with E-state index in [9.17, 15) is 9.90 Å². The summed E-state index contributed by atoms with van der Waals surface area (Å²) in [5, 5.41) is 10.1. The van der Waals surface area contributed by atoms with E-state index in [0.29, 0.717) is 11.7 Å². The number of thioether (sulfide) groups is 1. The summed E-state index contributed by atoms with van der Waals surface area (Å²) in [7, 11) is 0. The first kappa shape index (κ1) is 16.8. The van der Waals surface area contributed by atoms with Crippen LogP contribution in [0.2, 0.25) is 0 Å². The van der Waals surface area contributed by atoms with Gasteiger partial charge in [0.1, 0.15) is 0 Å². The van der Waals surface area contributed by atoms with Crippen LogP contribution in [0, 0.1) is 17.3 Å². The molecule has 2 fully saturated rings. The summed E-state index contributed by atoms with van der Waals surface area (Å²) in [4.78, 5) is 14.3. The number of carbonyl (C=O) groups is 1. The van der Waals surface area contributed by atoms with Crippen LogP contribution in [0.25, 0.3) is 6.08 Å². The van der Waals surface area contributed by atoms with Crippen LogP contribution in [0.15, 0.2) is 34.7 Å². The number of allylic oxidation sites excluding steroid dienone is 1. The predicted molar refractivity (Wildman–Crippen MR) is 96.4 cm³/mol. The Kier molecular flexibility index (Phi) is 4.70. The lowest BCUT2D eigenvalue weighted by atomic mass is 9.55. The van der Waals surface area contributed by atoms with Gasteiger partial charge in [0.15, 0.2) is 5.78 Å². The Hall–Kier alpha value is -1.06. The zero-order chi connectivity index (χ0) is 16.6. The molecule has 2 nitrogen and oxygen atoms in total. The van der Waals surface area contributed by atoms with Gasteiger partial charge >= 0.3 is 0 Å². The van der Waals surface area contributed by atoms with Crippen LogP contribution in [0.4, 0.5) is 0 Å². The molecule has 1 aromatic rings. The first-order chi connectivity index (χ1) is 11.0. The lowest BCUT2D eigenvalue weighted by Crippen LogP contribution is -2.50. The molecule has 1 N–H and O–H groups in total. The van der Waals surface area contributed by atoms with Gasteiger partial charge in [0.25, 0.3) is 0 Å². The van der Waals surface area contributed by atoms with Crippen molar-refractivity contribution in [1.82, 2.24) is 0 Å². The van der Waals surface area contributed by atoms with Gasteiger partial charge in [0, 0.05) is 10.3 Å². The highest BCUT2D eigenvalue weighted by atomic mass is 32.2. The Labute approximate surface area is 143 Å². The van der Waals surface area contributed by atoms with Crippen molar-refractivity contribution in [2.75, 3.05) is 6.26 Å². The number of hydrogen-bond acceptors (Lipinski definition) is 3. The van der Waals surface area contributed by atoms with Crippen LogP contribution < -0.4 is 0 Å². The molecule has 0 aromatic heterocycles. The molecule has 1 aromatic carbocycles. The lowest BCUT2D eigenvalue weighted by Gasteiger charge is -2.49. The molecule has 2 saturated carbocycles. The first-order valence-electron chi connectivity index (χ1n) is 8.53. The third-order valence-electron chi connectivity index (χ3n) is 6.01. The number of aliphatic hydroxyl groups excluding tert-OH is 1. The Morgan fingerprint density at radius 3 is 2.61 bits per heavy atom. The second-order valence-corrected chi connectivity index (χ2v) is 8.18. The third kappa shape index (κ3) is 3.01. The zero-order valence-electron chi connectivity index (χ0n) is 14.2. The Balaban J connectivity index is 1.86. The average Bonchev–Trinajstić information content (AvgIpc) is 2.56. The molecule has 0 radical (unpaired) electrons. The summed E-state index contributed by atoms with van der Waals surface area (Å²) in [6, 6.07) is 8.39. The fourth-order valence-electron chi connectivity index (χ4n) is 4.44. The highest BCUT2D eigenvalue weighted by Crippen LogP contribution is 2.52. The van der Waals surface area contributed by atoms with E-state index in [1.807, 2.05) is 0 Å². The number of rotatable bonds is 2. The third-order valence-corrected chi connectivity index (χ3v) is 6.75. The molecular weight excluding hydrogens is 304 g/mol. The summed E-state index contributed by atoms with van der Waals surface area (Å²) in [6.45, 7) is 4.22. The minimum absolute atomic E-state index is 0.222. The molecule has 0 heterocycles. The van der Waals surface area contributed by atoms with E-state index in [1.54, 1.807) is 11.8 Å². The van der Waals surface area contributed by atoms with Crippen molar-refractivity contribution < 1.29 is 9.90 Å². The van der Waals surface area contributed by atoms with Crippen molar-refractivity contribution in [2.24, 2.45) is 17.3 Å². The van der Waals surface area contributed by atoms with Gasteiger partial charge in [-0.25, -0.2) is 0 Å². The predicted octanol–water partition coefficient (Wildman–Crippen LogP) is 4.57. The van der Waals surface area contributed by atoms with Gasteiger partial charge in [0.2, 0.25) is 0 Å². The number of ketones is 1. The van der Waals surface area contributed by atoms with Crippen LogP contribution in [-0.2, 0) is 4.79 Å². The van der Waals surface area contributed by atoms with E-state index in [0.717, 1.165) is 36.8 Å². The van der Waals surface area contributed by atoms with Crippen LogP contribution >= 0.6 is 11.8 Å². The molecule has 4 atom stereocenters. The maximum atomic E-state index is 13.1. The maximum Gasteiger partial charge on any atom is 0.165 e. The van der Waals surface area contributed by atoms with Gasteiger partial charge in [-0.3, -0.25) is 4.79 Å². The number of aliphatic hydroxyl groups is 1. The SMILES string of the molecule is CSc1ccc(C=C2CCC3[C@H](C)C(O)CC[C@]3(C)C2=O)cc1. The topological polar surface area (TPSA) is 37.3 Å². The van der Waals surface area contributed by atoms with Gasteiger partial charge in [-0.1, -0.05) is 26.0 Å². The maximum absolute atomic E-state index is 13.1. The molecule has 0 bridgehead atoms. The summed E-state index contributed by atoms with van der Waals surface area (Å²) >= 11 is 1.73. The van der Waals surface area contributed by atoms with E-state index >= 15 is 0 Å². The van der Waals surface area contributed by atoms with Crippen LogP contribution in [0.1, 0.15) is 45.1 Å². The molecule has 23 heavy (non-hydrogen) atoms. The van der Waals surface area contributed by atoms with Crippen molar-refractivity contribution in [1.29, 1.82) is 0 Å². The lowest BCUT2D eigenvalue weighted by molar-refractivity contribution is -0.137. The number of benzene rings is 1. The summed E-state index contributed by atoms with van der Waals surface area (Å²) < 4.78 is 0. The molecule has 0 amide bonds. The Bertz CT molecular complexity index is 619. The highest BCUT2D eigenvalue weighted by Gasteiger charge is 2.51. The second-order valence-electron chi connectivity index (χ2n) is 7.30. The van der Waals surface area contributed by atoms with Crippen molar-refractivity contribution in [3.8, 4) is 0 Å². The molecule has 3 rings (SSSR count). The second kappa shape index (κ2) is 6.45. The van der Waals surface area contributed by atoms with Crippen molar-refractivity contribution in [3.05, 3.63) is 35.4 Å². The molecule has 2 aliphatic carbocycles. The minimum Gasteiger partial charge on any atom is -0.393 e. The van der Waals surface area contributed by atoms with Crippen LogP contribution in [0.3, 0.4) is 0 Å². The van der Waals surface area contributed by atoms with Gasteiger partial charge in [-0.2, -0.15) is 0 Å². The molecule has 3 heteroatoms. The quantitative estimate of drug-likeness (QED) is 0.637. The van der Waals surface area contributed by atoms with Gasteiger partial charge in [-0.15, -0.1) is 11.8 Å². The largest absolute Gasteiger partial charge is 0.393 e. The van der Waals surface area contributed by atoms with Crippen LogP contribution in [0.5, 0.6) is 0 Å². The highest BCUT2D eigenvalue weighted by molar-refractivity contribution is 7.98. The molecule has 2 unspecified atom stereocenters. The van der Waals surface area contributed by atoms with Crippen molar-refractivity contribution >= 4 is 23.6 Å². The van der Waals surface area contributed by atoms with E-state index in [4.69, 9.17) is 0 Å². The molecular formula is C20H26O2S. The fourth-order valence-corrected chi connectivity index (χ4v) is 4.85. The average molecular weight is 330 g/mol. The Morgan fingerprint density at radius 2 is 1.96 bits per heavy atom. The molecule has 0 saturated heterocycles. The van der Waals surface area contributed by atoms with Crippen molar-refractivity contribution in [3.63, 3.8) is 0 Å². The molecule has 2 aliphatic rings. The van der Waals surface area contributed by atoms with E-state index < -0.39 is 0 Å². The molecule has 0 spiro atoms. The normalized spacial score (nSPS) is 36.1. The number of Topliss-reactive ketones (excluding diaryl/α,β-unsaturated/α-hetero) is 1. The monoisotopic (exact) mass is 330 g/mol. The fraction of sp³-hybridized carbons (Fsp3) is 0.550. The summed E-state index contributed by atoms with van der Waals surface area (Å²) in [5.74, 6) is 0.844. The molecule has 0 aliphatic heterocycles. The van der Waals surface area contributed by atoms with Gasteiger partial charge in [-0.05, 0) is 73.1 Å². The summed E-state index contributed by atoms with van der Waals surface area (Å²) in [6.07, 6.45) is 7.29. The number of carbonyl (C=O) groups excluding carboxylic acids is 1. The van der Waals surface area contributed by atoms with Gasteiger partial charge < -0.3 is 5.11 Å². The van der Waals surface area contributed by atoms with Gasteiger partial charge in [0.05, 0.1) is 6.10 Å². The van der Waals surface area contributed by atoms with E-state index in [-0.39, 0.29) is 17.4 Å². The standard InChI is InChI=1S/C20H26O2S/c1-13-17-9-6-15(12-14-4-7-16(23-3)8-5-14)19(22)20(17,2)11-10-18(13)21/h4-5,7-8,12-13,17-18,21H,6,9-11H2,1-3H3/t13-,17?,18?,20-/m0/s1. The van der Waals surface area contributed by atoms with E-state index in [1.165, 1.54) is 4.90 Å². The zero-order valence-corrected chi connectivity index (χ0v) is 15.0. The Morgan fingerprint density at radius 1 is 1.26 bits per heavy atom. The summed E-state index contributed by atoms with van der Waals surface area (Å²) in [5.41, 5.74) is 1.78. The minimum atomic E-state index is -0.290. The van der Waals surface area contributed by atoms with Crippen molar-refractivity contribution in [2.45, 2.75) is 50.5 Å². The smallest absolute Gasteiger partial charge is 0.165 e. The number of fused-ring (bicyclic) bond motifs is 1.